The number of rotatable bonds is 6. The molecule has 6 heteroatoms. The summed E-state index contributed by atoms with van der Waals surface area (Å²) < 4.78 is 0. The number of piperidine rings is 1. The van der Waals surface area contributed by atoms with E-state index in [0.29, 0.717) is 12.5 Å². The zero-order valence-corrected chi connectivity index (χ0v) is 15.2. The third-order valence-corrected chi connectivity index (χ3v) is 3.66. The van der Waals surface area contributed by atoms with E-state index in [2.05, 4.69) is 17.6 Å². The average molecular weight is 334 g/mol. The number of carbonyl (C=O) groups is 2. The summed E-state index contributed by atoms with van der Waals surface area (Å²) in [7, 11) is 0. The molecular weight excluding hydrogens is 302 g/mol. The van der Waals surface area contributed by atoms with Crippen LogP contribution >= 0.6 is 12.4 Å². The summed E-state index contributed by atoms with van der Waals surface area (Å²) in [5.41, 5.74) is -0.0503. The Labute approximate surface area is 141 Å². The second-order valence-corrected chi connectivity index (χ2v) is 7.08. The van der Waals surface area contributed by atoms with Crippen molar-refractivity contribution in [1.29, 1.82) is 0 Å². The lowest BCUT2D eigenvalue weighted by atomic mass is 9.92. The minimum Gasteiger partial charge on any atom is -0.347 e. The average Bonchev–Trinajstić information content (AvgIpc) is 2.41. The molecule has 0 aromatic rings. The highest BCUT2D eigenvalue weighted by Gasteiger charge is 2.25. The van der Waals surface area contributed by atoms with Gasteiger partial charge in [0.25, 0.3) is 0 Å². The lowest BCUT2D eigenvalue weighted by Gasteiger charge is -2.34. The standard InChI is InChI=1S/C16H31N3O2.ClH/c1-5-10-19(13-6-8-17-9-7-13)15(21)12-18-14(20)11-16(2,3)4;/h13,17H,5-12H2,1-4H3,(H,18,20);1H. The Morgan fingerprint density at radius 2 is 1.82 bits per heavy atom. The Hall–Kier alpha value is -0.810. The Kier molecular flexibility index (Phi) is 9.69. The van der Waals surface area contributed by atoms with E-state index in [9.17, 15) is 9.59 Å². The minimum absolute atomic E-state index is 0. The van der Waals surface area contributed by atoms with Gasteiger partial charge >= 0.3 is 0 Å². The molecule has 22 heavy (non-hydrogen) atoms. The number of carbonyl (C=O) groups excluding carboxylic acids is 2. The van der Waals surface area contributed by atoms with Crippen molar-refractivity contribution in [2.24, 2.45) is 5.41 Å². The molecule has 0 saturated carbocycles. The van der Waals surface area contributed by atoms with E-state index in [1.165, 1.54) is 0 Å². The van der Waals surface area contributed by atoms with E-state index in [1.54, 1.807) is 0 Å². The van der Waals surface area contributed by atoms with E-state index in [1.807, 2.05) is 25.7 Å². The topological polar surface area (TPSA) is 61.4 Å². The molecule has 0 unspecified atom stereocenters. The summed E-state index contributed by atoms with van der Waals surface area (Å²) in [6.07, 6.45) is 3.40. The summed E-state index contributed by atoms with van der Waals surface area (Å²) in [6, 6.07) is 0.318. The van der Waals surface area contributed by atoms with Crippen LogP contribution in [0.2, 0.25) is 0 Å². The van der Waals surface area contributed by atoms with Gasteiger partial charge in [-0.15, -0.1) is 12.4 Å². The van der Waals surface area contributed by atoms with Crippen LogP contribution in [0.3, 0.4) is 0 Å². The van der Waals surface area contributed by atoms with Crippen molar-refractivity contribution in [2.75, 3.05) is 26.2 Å². The highest BCUT2D eigenvalue weighted by molar-refractivity contribution is 5.85. The molecule has 0 bridgehead atoms. The zero-order chi connectivity index (χ0) is 15.9. The first-order valence-electron chi connectivity index (χ1n) is 8.10. The first-order chi connectivity index (χ1) is 9.83. The molecule has 1 heterocycles. The minimum atomic E-state index is -0.0503. The predicted molar refractivity (Wildman–Crippen MR) is 92.2 cm³/mol. The van der Waals surface area contributed by atoms with Gasteiger partial charge in [0, 0.05) is 19.0 Å². The molecule has 1 saturated heterocycles. The maximum absolute atomic E-state index is 12.4. The van der Waals surface area contributed by atoms with Gasteiger partial charge in [0.15, 0.2) is 0 Å². The number of hydrogen-bond acceptors (Lipinski definition) is 3. The number of hydrogen-bond donors (Lipinski definition) is 2. The zero-order valence-electron chi connectivity index (χ0n) is 14.4. The van der Waals surface area contributed by atoms with Crippen LogP contribution in [-0.2, 0) is 9.59 Å². The molecule has 1 fully saturated rings. The molecule has 1 aliphatic heterocycles. The molecule has 0 aromatic heterocycles. The van der Waals surface area contributed by atoms with Crippen LogP contribution in [0.4, 0.5) is 0 Å². The molecule has 1 rings (SSSR count). The fraction of sp³-hybridized carbons (Fsp3) is 0.875. The monoisotopic (exact) mass is 333 g/mol. The van der Waals surface area contributed by atoms with Gasteiger partial charge in [-0.25, -0.2) is 0 Å². The first-order valence-corrected chi connectivity index (χ1v) is 8.10. The van der Waals surface area contributed by atoms with Crippen LogP contribution in [0.15, 0.2) is 0 Å². The Morgan fingerprint density at radius 1 is 1.23 bits per heavy atom. The third kappa shape index (κ3) is 7.99. The Bertz CT molecular complexity index is 350. The van der Waals surface area contributed by atoms with E-state index in [4.69, 9.17) is 0 Å². The smallest absolute Gasteiger partial charge is 0.242 e. The van der Waals surface area contributed by atoms with Crippen LogP contribution in [-0.4, -0.2) is 48.9 Å². The van der Waals surface area contributed by atoms with E-state index in [0.717, 1.165) is 38.9 Å². The van der Waals surface area contributed by atoms with Gasteiger partial charge in [0.05, 0.1) is 6.54 Å². The van der Waals surface area contributed by atoms with Crippen molar-refractivity contribution < 1.29 is 9.59 Å². The van der Waals surface area contributed by atoms with Gasteiger partial charge in [-0.05, 0) is 37.8 Å². The van der Waals surface area contributed by atoms with Gasteiger partial charge in [-0.2, -0.15) is 0 Å². The summed E-state index contributed by atoms with van der Waals surface area (Å²) in [5, 5.41) is 6.09. The molecule has 2 N–H and O–H groups in total. The summed E-state index contributed by atoms with van der Waals surface area (Å²) in [5.74, 6) is 0.00335. The quantitative estimate of drug-likeness (QED) is 0.781. The van der Waals surface area contributed by atoms with Crippen molar-refractivity contribution in [3.8, 4) is 0 Å². The van der Waals surface area contributed by atoms with Gasteiger partial charge in [0.2, 0.25) is 11.8 Å². The van der Waals surface area contributed by atoms with Crippen molar-refractivity contribution in [2.45, 2.75) is 59.4 Å². The van der Waals surface area contributed by atoms with Crippen LogP contribution < -0.4 is 10.6 Å². The lowest BCUT2D eigenvalue weighted by Crippen LogP contribution is -2.49. The molecule has 0 aliphatic carbocycles. The van der Waals surface area contributed by atoms with Crippen molar-refractivity contribution >= 4 is 24.2 Å². The normalized spacial score (nSPS) is 15.8. The molecule has 2 amide bonds. The molecule has 5 nitrogen and oxygen atoms in total. The van der Waals surface area contributed by atoms with E-state index < -0.39 is 0 Å². The van der Waals surface area contributed by atoms with E-state index in [-0.39, 0.29) is 36.2 Å². The molecule has 130 valence electrons. The highest BCUT2D eigenvalue weighted by Crippen LogP contribution is 2.18. The van der Waals surface area contributed by atoms with Gasteiger partial charge in [0.1, 0.15) is 0 Å². The van der Waals surface area contributed by atoms with Crippen LogP contribution in [0, 0.1) is 5.41 Å². The molecule has 0 radical (unpaired) electrons. The maximum atomic E-state index is 12.4. The SMILES string of the molecule is CCCN(C(=O)CNC(=O)CC(C)(C)C)C1CCNCC1.Cl. The first kappa shape index (κ1) is 21.2. The Morgan fingerprint density at radius 3 is 2.32 bits per heavy atom. The number of nitrogens with zero attached hydrogens (tertiary/aromatic N) is 1. The molecule has 0 aromatic carbocycles. The van der Waals surface area contributed by atoms with Crippen molar-refractivity contribution in [3.05, 3.63) is 0 Å². The highest BCUT2D eigenvalue weighted by atomic mass is 35.5. The van der Waals surface area contributed by atoms with Crippen LogP contribution in [0.25, 0.3) is 0 Å². The summed E-state index contributed by atoms with van der Waals surface area (Å²) in [6.45, 7) is 11.0. The van der Waals surface area contributed by atoms with Crippen LogP contribution in [0.1, 0.15) is 53.4 Å². The van der Waals surface area contributed by atoms with Gasteiger partial charge in [-0.3, -0.25) is 9.59 Å². The number of halogens is 1. The number of nitrogens with one attached hydrogen (secondary N) is 2. The van der Waals surface area contributed by atoms with E-state index >= 15 is 0 Å². The second-order valence-electron chi connectivity index (χ2n) is 7.08. The number of amides is 2. The van der Waals surface area contributed by atoms with Crippen LogP contribution in [0.5, 0.6) is 0 Å². The van der Waals surface area contributed by atoms with Gasteiger partial charge in [-0.1, -0.05) is 27.7 Å². The second kappa shape index (κ2) is 10.1. The molecular formula is C16H32ClN3O2. The fourth-order valence-electron chi connectivity index (χ4n) is 2.69. The van der Waals surface area contributed by atoms with Gasteiger partial charge < -0.3 is 15.5 Å². The largest absolute Gasteiger partial charge is 0.347 e. The van der Waals surface area contributed by atoms with Crippen molar-refractivity contribution in [1.82, 2.24) is 15.5 Å². The summed E-state index contributed by atoms with van der Waals surface area (Å²) in [4.78, 5) is 26.2. The maximum Gasteiger partial charge on any atom is 0.242 e. The molecule has 0 atom stereocenters. The molecule has 0 spiro atoms. The third-order valence-electron chi connectivity index (χ3n) is 3.66. The Balaban J connectivity index is 0.00000441. The lowest BCUT2D eigenvalue weighted by molar-refractivity contribution is -0.135. The predicted octanol–water partition coefficient (Wildman–Crippen LogP) is 1.95. The summed E-state index contributed by atoms with van der Waals surface area (Å²) >= 11 is 0. The van der Waals surface area contributed by atoms with Crippen molar-refractivity contribution in [3.63, 3.8) is 0 Å². The molecule has 1 aliphatic rings. The fourth-order valence-corrected chi connectivity index (χ4v) is 2.69.